The van der Waals surface area contributed by atoms with Crippen LogP contribution in [0.15, 0.2) is 0 Å². The monoisotopic (exact) mass is 1350 g/mol. The molecule has 123 heavy (non-hydrogen) atoms. The van der Waals surface area contributed by atoms with Gasteiger partial charge in [-0.05, 0) is 0 Å². The van der Waals surface area contributed by atoms with Gasteiger partial charge in [-0.2, -0.15) is 0 Å². The summed E-state index contributed by atoms with van der Waals surface area (Å²) in [4.78, 5) is 0. The lowest BCUT2D eigenvalue weighted by Crippen LogP contribution is -2.99. The molecular formula is B123. The van der Waals surface area contributed by atoms with Crippen LogP contribution in [0.4, 0.5) is 0 Å². The van der Waals surface area contributed by atoms with E-state index in [-0.39, 0.29) is 0 Å². The van der Waals surface area contributed by atoms with E-state index in [9.17, 15) is 0 Å². The Morgan fingerprint density at radius 3 is 0.187 bits per heavy atom. The molecule has 0 aliphatic carbocycles. The Morgan fingerprint density at radius 1 is 0.0650 bits per heavy atom. The smallest absolute Gasteiger partial charge is 0 e. The summed E-state index contributed by atoms with van der Waals surface area (Å²) in [5.41, 5.74) is 0. The van der Waals surface area contributed by atoms with Gasteiger partial charge in [0.1, 0.15) is 0 Å². The summed E-state index contributed by atoms with van der Waals surface area (Å²) in [7, 11) is 451. The van der Waals surface area contributed by atoms with E-state index in [4.69, 9.17) is 480 Å². The van der Waals surface area contributed by atoms with Gasteiger partial charge < -0.3 is 0 Å². The lowest BCUT2D eigenvalue weighted by atomic mass is 8.20. The SMILES string of the molecule is [B]B([B])B(B([B])[B])B(B([B])[B])B(B([B]B(B(B(B(B([B])[B])B([B])[B])B(B([B])[B])B([B])[B])B(B(B([B])[B])B([B])[B])B(B([B])[B])B([B])[B])B(B(B(B([B])[B])B([B])[B])B(B([B])[B])B([B])[B])B(B(B([B])[B])B([B])[B])B(B([B])[B])B([B])[B])B(B(B(B([B])[B])B([B])[B])B(B([B])[B])B([B])[B])B(B(B([B])[B])B([B])[B])B(B([B])[B])B([B])[B])B(B(B([B])[B])B([B])[B])B(B([B])[B])B([B])[B]. The van der Waals surface area contributed by atoms with E-state index in [1.807, 2.05) is 0 Å². The van der Waals surface area contributed by atoms with Crippen molar-refractivity contribution in [3.05, 3.63) is 0 Å². The van der Waals surface area contributed by atoms with E-state index in [1.165, 1.54) is 7.06 Å². The largest absolute Gasteiger partial charge is 0 e. The van der Waals surface area contributed by atoms with E-state index in [0.29, 0.717) is 0 Å². The van der Waals surface area contributed by atoms with Crippen LogP contribution in [0.1, 0.15) is 0 Å². The van der Waals surface area contributed by atoms with Gasteiger partial charge in [0.2, 0.25) is 0 Å². The van der Waals surface area contributed by atoms with Crippen LogP contribution >= 0.6 is 0 Å². The molecule has 0 aliphatic rings. The fraction of sp³-hybridized carbons (Fsp3) is 0. The van der Waals surface area contributed by atoms with Gasteiger partial charge in [0, 0.05) is 870 Å². The third-order valence-corrected chi connectivity index (χ3v) is 26.2. The van der Waals surface area contributed by atoms with E-state index < -0.39 is 383 Å². The molecule has 369 valence electrons. The van der Waals surface area contributed by atoms with Crippen molar-refractivity contribution < 1.29 is 0 Å². The first-order chi connectivity index (χ1) is 55.9. The minimum atomic E-state index is -2.48. The van der Waals surface area contributed by atoms with Crippen molar-refractivity contribution >= 4 is 870 Å². The molecule has 0 unspecified atom stereocenters. The normalized spacial score (nSPS) is 9.85. The van der Waals surface area contributed by atoms with Crippen LogP contribution in [0.25, 0.3) is 0 Å². The molecule has 0 N–H and O–H groups in total. The lowest BCUT2D eigenvalue weighted by molar-refractivity contribution is 3.15. The summed E-state index contributed by atoms with van der Waals surface area (Å²) >= 11 is 0. The van der Waals surface area contributed by atoms with Crippen LogP contribution in [0.3, 0.4) is 0 Å². The number of rotatable bonds is 60. The highest BCUT2D eigenvalue weighted by Gasteiger charge is 2.68. The molecule has 0 saturated carbocycles. The molecule has 0 rings (SSSR count). The first-order valence-corrected chi connectivity index (χ1v) is 40.7. The minimum absolute atomic E-state index is 1.39. The first-order valence-electron chi connectivity index (χ1n) is 40.7. The number of hydrogen-bond acceptors (Lipinski definition) is 0. The average Bonchev–Trinajstić information content (AvgIpc) is 0.716. The second kappa shape index (κ2) is 60.6. The summed E-state index contributed by atoms with van der Waals surface area (Å²) in [5.74, 6) is 0. The van der Waals surface area contributed by atoms with Gasteiger partial charge >= 0.3 is 0 Å². The Kier molecular flexibility index (Phi) is 64.5. The molecule has 0 nitrogen and oxygen atoms in total. The summed E-state index contributed by atoms with van der Waals surface area (Å²) in [6.07, 6.45) is -121. The van der Waals surface area contributed by atoms with Crippen molar-refractivity contribution in [1.82, 2.24) is 0 Å². The zero-order chi connectivity index (χ0) is 97.3. The Bertz CT molecular complexity index is 2170. The first kappa shape index (κ1) is 131. The van der Waals surface area contributed by atoms with Crippen molar-refractivity contribution in [3.63, 3.8) is 0 Å². The molecule has 0 fully saturated rings. The van der Waals surface area contributed by atoms with Crippen LogP contribution in [0, 0.1) is 0 Å². The van der Waals surface area contributed by atoms with E-state index in [2.05, 4.69) is 0 Å². The zero-order valence-corrected chi connectivity index (χ0v) is 71.0. The highest BCUT2D eigenvalue weighted by Crippen LogP contribution is 2.30. The van der Waals surface area contributed by atoms with Crippen LogP contribution in [-0.4, -0.2) is 870 Å². The highest BCUT2D eigenvalue weighted by atomic mass is 13.5. The van der Waals surface area contributed by atoms with Crippen molar-refractivity contribution in [2.24, 2.45) is 0 Å². The quantitative estimate of drug-likeness (QED) is 0.0533. The topological polar surface area (TPSA) is 0 Å². The van der Waals surface area contributed by atoms with E-state index >= 15 is 0 Å². The van der Waals surface area contributed by atoms with Crippen LogP contribution in [0.5, 0.6) is 0 Å². The van der Waals surface area contributed by atoms with Gasteiger partial charge in [0.25, 0.3) is 0 Å². The third-order valence-electron chi connectivity index (χ3n) is 26.2. The Hall–Kier alpha value is 7.99. The molecule has 0 aliphatic heterocycles. The van der Waals surface area contributed by atoms with Crippen LogP contribution < -0.4 is 0 Å². The van der Waals surface area contributed by atoms with Gasteiger partial charge in [-0.3, -0.25) is 0 Å². The molecule has 123 heteroatoms. The fourth-order valence-corrected chi connectivity index (χ4v) is 22.1. The van der Waals surface area contributed by atoms with Crippen LogP contribution in [-0.2, 0) is 0 Å². The minimum Gasteiger partial charge on any atom is 0 e. The predicted molar refractivity (Wildman–Crippen MR) is 708 cm³/mol. The Balaban J connectivity index is 15.9. The molecule has 0 aromatic carbocycles. The molecule has 0 atom stereocenters. The second-order valence-corrected chi connectivity index (χ2v) is 34.8. The van der Waals surface area contributed by atoms with Crippen LogP contribution in [0.2, 0.25) is 0 Å². The Morgan fingerprint density at radius 2 is 0.122 bits per heavy atom. The molecular weight excluding hydrogens is 1330 g/mol. The van der Waals surface area contributed by atoms with Crippen molar-refractivity contribution in [1.29, 1.82) is 0 Å². The maximum atomic E-state index is 7.59. The average molecular weight is 1330 g/mol. The van der Waals surface area contributed by atoms with Gasteiger partial charge in [-0.15, -0.1) is 0 Å². The summed E-state index contributed by atoms with van der Waals surface area (Å²) in [6, 6.07) is 0. The third kappa shape index (κ3) is 35.8. The molecule has 0 aromatic rings. The van der Waals surface area contributed by atoms with Crippen molar-refractivity contribution in [3.8, 4) is 0 Å². The second-order valence-electron chi connectivity index (χ2n) is 34.8. The summed E-state index contributed by atoms with van der Waals surface area (Å²) < 4.78 is 0. The van der Waals surface area contributed by atoms with Gasteiger partial charge in [-0.1, -0.05) is 0 Å². The molecule has 0 aromatic heterocycles. The Labute approximate surface area is 860 Å². The fourth-order valence-electron chi connectivity index (χ4n) is 22.1. The number of hydrogen-bond donors (Lipinski definition) is 0. The molecule has 125 radical (unpaired) electrons. The summed E-state index contributed by atoms with van der Waals surface area (Å²) in [6.45, 7) is 0. The summed E-state index contributed by atoms with van der Waals surface area (Å²) in [5, 5.41) is 0. The molecule has 0 spiro atoms. The highest BCUT2D eigenvalue weighted by molar-refractivity contribution is 8.43. The predicted octanol–water partition coefficient (Wildman–Crippen LogP) is -46.8. The zero-order valence-electron chi connectivity index (χ0n) is 71.0. The van der Waals surface area contributed by atoms with Crippen molar-refractivity contribution in [2.45, 2.75) is 0 Å². The van der Waals surface area contributed by atoms with E-state index in [1.54, 1.807) is 0 Å². The molecule has 0 heterocycles. The molecule has 0 bridgehead atoms. The standard InChI is InChI=1S/B123/c1-64(2)97(65(3)4)112(94(61)62)113(117(98(66(5)6)67(7)8)99(68(9)10)69(11)12)95(114(118(100(70(13)14)71(15)16)101(72(17)18)73(19)20)119(102(74(21)22)75(23)24)103(76(25)26)77(27)28)63-96(115(120(104(78(29)30)79(31)32)105(80(33)34)81(35)36)121(106(82(37)38)83(39)40)107(84(41)42)85(43)44)116(122(108(86(45)46)87(47)48)109(88(49)50)89(51)52)123(110(90(53)54)91(55)56)111(92(57)58)93(59)60. The van der Waals surface area contributed by atoms with Gasteiger partial charge in [-0.25, -0.2) is 0 Å². The molecule has 0 saturated heterocycles. The van der Waals surface area contributed by atoms with E-state index in [0.717, 1.165) is 0 Å². The lowest BCUT2D eigenvalue weighted by Gasteiger charge is -2.61. The van der Waals surface area contributed by atoms with Gasteiger partial charge in [0.05, 0.1) is 0 Å². The van der Waals surface area contributed by atoms with Gasteiger partial charge in [0.15, 0.2) is 0 Å². The maximum Gasteiger partial charge on any atom is 0 e. The molecule has 0 amide bonds. The van der Waals surface area contributed by atoms with Crippen molar-refractivity contribution in [2.75, 3.05) is 0 Å². The maximum absolute atomic E-state index is 7.59.